The number of aryl methyl sites for hydroxylation is 1. The van der Waals surface area contributed by atoms with Crippen molar-refractivity contribution in [3.05, 3.63) is 35.4 Å². The van der Waals surface area contributed by atoms with Gasteiger partial charge in [-0.1, -0.05) is 30.7 Å². The molecule has 182 valence electrons. The van der Waals surface area contributed by atoms with Gasteiger partial charge in [0.15, 0.2) is 0 Å². The van der Waals surface area contributed by atoms with Crippen molar-refractivity contribution in [3.63, 3.8) is 0 Å². The van der Waals surface area contributed by atoms with Crippen LogP contribution >= 0.6 is 11.8 Å². The Kier molecular flexibility index (Phi) is 10.3. The third-order valence-electron chi connectivity index (χ3n) is 4.46. The van der Waals surface area contributed by atoms with Crippen molar-refractivity contribution in [1.29, 1.82) is 0 Å². The zero-order chi connectivity index (χ0) is 25.4. The molecule has 1 aromatic carbocycles. The summed E-state index contributed by atoms with van der Waals surface area (Å²) in [6, 6.07) is 7.67. The standard InChI is InChI=1S/C25H37N3O4S/c1-10-28(22(30)19(15-16-33-9)26-23(31)32-25(6,7)8)20(21(29)27-24(3,4)5)18-14-12-11-13-17(18)2/h1,11-14,19-20H,15-16H2,2-9H3,(H,26,31)(H,27,29). The molecular formula is C25H37N3O4S. The normalized spacial score (nSPS) is 13.3. The Labute approximate surface area is 202 Å². The molecule has 0 aliphatic carbocycles. The lowest BCUT2D eigenvalue weighted by atomic mass is 9.97. The van der Waals surface area contributed by atoms with Gasteiger partial charge < -0.3 is 15.4 Å². The lowest BCUT2D eigenvalue weighted by Crippen LogP contribution is -2.53. The smallest absolute Gasteiger partial charge is 0.408 e. The van der Waals surface area contributed by atoms with Gasteiger partial charge in [-0.15, -0.1) is 0 Å². The molecule has 0 fully saturated rings. The summed E-state index contributed by atoms with van der Waals surface area (Å²) in [5.41, 5.74) is 0.181. The van der Waals surface area contributed by atoms with E-state index in [9.17, 15) is 14.4 Å². The Bertz CT molecular complexity index is 881. The molecule has 1 aromatic rings. The number of alkyl carbamates (subject to hydrolysis) is 1. The van der Waals surface area contributed by atoms with E-state index in [2.05, 4.69) is 16.7 Å². The molecule has 7 nitrogen and oxygen atoms in total. The molecule has 0 aromatic heterocycles. The molecule has 0 saturated carbocycles. The number of ether oxygens (including phenoxy) is 1. The molecule has 1 rings (SSSR count). The average Bonchev–Trinajstić information content (AvgIpc) is 2.66. The Morgan fingerprint density at radius 1 is 1.15 bits per heavy atom. The molecule has 0 radical (unpaired) electrons. The van der Waals surface area contributed by atoms with Gasteiger partial charge in [-0.2, -0.15) is 11.8 Å². The number of carbonyl (C=O) groups excluding carboxylic acids is 3. The highest BCUT2D eigenvalue weighted by Crippen LogP contribution is 2.26. The van der Waals surface area contributed by atoms with Crippen LogP contribution in [0.15, 0.2) is 24.3 Å². The maximum Gasteiger partial charge on any atom is 0.408 e. The van der Waals surface area contributed by atoms with Gasteiger partial charge in [-0.05, 0) is 78.0 Å². The fraction of sp³-hybridized carbons (Fsp3) is 0.560. The molecule has 2 atom stereocenters. The highest BCUT2D eigenvalue weighted by Gasteiger charge is 2.37. The van der Waals surface area contributed by atoms with Crippen LogP contribution in [0.25, 0.3) is 0 Å². The van der Waals surface area contributed by atoms with E-state index in [1.54, 1.807) is 32.9 Å². The molecule has 0 spiro atoms. The molecule has 3 amide bonds. The summed E-state index contributed by atoms with van der Waals surface area (Å²) < 4.78 is 5.33. The van der Waals surface area contributed by atoms with Gasteiger partial charge in [0.25, 0.3) is 5.91 Å². The number of thioether (sulfide) groups is 1. The molecule has 8 heteroatoms. The van der Waals surface area contributed by atoms with Crippen molar-refractivity contribution in [2.24, 2.45) is 0 Å². The van der Waals surface area contributed by atoms with Crippen LogP contribution in [0.4, 0.5) is 4.79 Å². The van der Waals surface area contributed by atoms with Gasteiger partial charge in [0.05, 0.1) is 0 Å². The quantitative estimate of drug-likeness (QED) is 0.438. The van der Waals surface area contributed by atoms with Gasteiger partial charge in [-0.3, -0.25) is 14.5 Å². The first kappa shape index (κ1) is 28.4. The largest absolute Gasteiger partial charge is 0.444 e. The summed E-state index contributed by atoms with van der Waals surface area (Å²) in [5.74, 6) is -0.341. The Hall–Kier alpha value is -2.66. The Morgan fingerprint density at radius 3 is 2.24 bits per heavy atom. The van der Waals surface area contributed by atoms with E-state index in [1.165, 1.54) is 11.8 Å². The van der Waals surface area contributed by atoms with E-state index < -0.39 is 41.1 Å². The first-order chi connectivity index (χ1) is 15.2. The molecule has 0 bridgehead atoms. The lowest BCUT2D eigenvalue weighted by molar-refractivity contribution is -0.139. The van der Waals surface area contributed by atoms with E-state index in [0.717, 1.165) is 10.5 Å². The molecule has 0 aliphatic rings. The molecule has 0 saturated heterocycles. The minimum Gasteiger partial charge on any atom is -0.444 e. The van der Waals surface area contributed by atoms with Crippen LogP contribution in [-0.4, -0.2) is 52.0 Å². The molecule has 0 aliphatic heterocycles. The van der Waals surface area contributed by atoms with Crippen LogP contribution in [0.5, 0.6) is 0 Å². The van der Waals surface area contributed by atoms with Gasteiger partial charge >= 0.3 is 6.09 Å². The number of rotatable bonds is 8. The van der Waals surface area contributed by atoms with Crippen LogP contribution in [0.3, 0.4) is 0 Å². The summed E-state index contributed by atoms with van der Waals surface area (Å²) in [7, 11) is 0. The van der Waals surface area contributed by atoms with Crippen molar-refractivity contribution in [1.82, 2.24) is 15.5 Å². The Balaban J connectivity index is 3.39. The molecule has 0 heterocycles. The molecular weight excluding hydrogens is 438 g/mol. The number of amides is 3. The summed E-state index contributed by atoms with van der Waals surface area (Å²) in [6.07, 6.45) is 7.31. The van der Waals surface area contributed by atoms with Gasteiger partial charge in [0.1, 0.15) is 17.7 Å². The summed E-state index contributed by atoms with van der Waals surface area (Å²) in [6.45, 7) is 12.6. The topological polar surface area (TPSA) is 87.7 Å². The van der Waals surface area contributed by atoms with Crippen LogP contribution in [0.2, 0.25) is 0 Å². The third kappa shape index (κ3) is 9.39. The highest BCUT2D eigenvalue weighted by atomic mass is 32.2. The number of nitrogens with zero attached hydrogens (tertiary/aromatic N) is 1. The highest BCUT2D eigenvalue weighted by molar-refractivity contribution is 7.98. The van der Waals surface area contributed by atoms with E-state index >= 15 is 0 Å². The SMILES string of the molecule is C#CN(C(=O)C(CCSC)NC(=O)OC(C)(C)C)C(C(=O)NC(C)(C)C)c1ccccc1C. The second-order valence-electron chi connectivity index (χ2n) is 9.82. The third-order valence-corrected chi connectivity index (χ3v) is 5.11. The van der Waals surface area contributed by atoms with E-state index in [1.807, 2.05) is 46.1 Å². The number of carbonyl (C=O) groups is 3. The van der Waals surface area contributed by atoms with Crippen LogP contribution in [-0.2, 0) is 14.3 Å². The zero-order valence-electron chi connectivity index (χ0n) is 20.9. The predicted octanol–water partition coefficient (Wildman–Crippen LogP) is 4.02. The predicted molar refractivity (Wildman–Crippen MR) is 134 cm³/mol. The van der Waals surface area contributed by atoms with Crippen molar-refractivity contribution in [2.45, 2.75) is 78.1 Å². The fourth-order valence-corrected chi connectivity index (χ4v) is 3.58. The van der Waals surface area contributed by atoms with Crippen molar-refractivity contribution in [2.75, 3.05) is 12.0 Å². The summed E-state index contributed by atoms with van der Waals surface area (Å²) >= 11 is 1.53. The Morgan fingerprint density at radius 2 is 1.76 bits per heavy atom. The average molecular weight is 476 g/mol. The minimum atomic E-state index is -1.06. The summed E-state index contributed by atoms with van der Waals surface area (Å²) in [5, 5.41) is 5.56. The number of benzene rings is 1. The monoisotopic (exact) mass is 475 g/mol. The first-order valence-electron chi connectivity index (χ1n) is 10.9. The zero-order valence-corrected chi connectivity index (χ0v) is 21.8. The fourth-order valence-electron chi connectivity index (χ4n) is 3.11. The molecule has 2 N–H and O–H groups in total. The minimum absolute atomic E-state index is 0.332. The van der Waals surface area contributed by atoms with Crippen LogP contribution < -0.4 is 10.6 Å². The van der Waals surface area contributed by atoms with Gasteiger partial charge in [0, 0.05) is 11.6 Å². The second kappa shape index (κ2) is 12.0. The summed E-state index contributed by atoms with van der Waals surface area (Å²) in [4.78, 5) is 40.4. The van der Waals surface area contributed by atoms with Crippen LogP contribution in [0.1, 0.15) is 65.1 Å². The number of hydrogen-bond acceptors (Lipinski definition) is 5. The van der Waals surface area contributed by atoms with E-state index in [-0.39, 0.29) is 0 Å². The van der Waals surface area contributed by atoms with E-state index in [0.29, 0.717) is 17.7 Å². The number of nitrogens with one attached hydrogen (secondary N) is 2. The maximum absolute atomic E-state index is 13.6. The van der Waals surface area contributed by atoms with Crippen molar-refractivity contribution < 1.29 is 19.1 Å². The van der Waals surface area contributed by atoms with Gasteiger partial charge in [-0.25, -0.2) is 4.79 Å². The number of hydrogen-bond donors (Lipinski definition) is 2. The van der Waals surface area contributed by atoms with Crippen molar-refractivity contribution in [3.8, 4) is 12.5 Å². The van der Waals surface area contributed by atoms with Crippen LogP contribution in [0, 0.1) is 19.4 Å². The van der Waals surface area contributed by atoms with Crippen molar-refractivity contribution >= 4 is 29.7 Å². The first-order valence-corrected chi connectivity index (χ1v) is 12.2. The maximum atomic E-state index is 13.6. The lowest BCUT2D eigenvalue weighted by Gasteiger charge is -2.33. The molecule has 2 unspecified atom stereocenters. The van der Waals surface area contributed by atoms with E-state index in [4.69, 9.17) is 11.2 Å². The van der Waals surface area contributed by atoms with Gasteiger partial charge in [0.2, 0.25) is 5.91 Å². The number of terminal acetylenes is 1. The second-order valence-corrected chi connectivity index (χ2v) is 10.8. The molecule has 33 heavy (non-hydrogen) atoms.